The lowest BCUT2D eigenvalue weighted by atomic mass is 10.0. The maximum atomic E-state index is 13.4. The fourth-order valence-corrected chi connectivity index (χ4v) is 11.0. The zero-order chi connectivity index (χ0) is 32.8. The fourth-order valence-electron chi connectivity index (χ4n) is 5.91. The first-order chi connectivity index (χ1) is 22.5. The molecule has 0 bridgehead atoms. The first-order valence-corrected chi connectivity index (χ1v) is 18.6. The summed E-state index contributed by atoms with van der Waals surface area (Å²) in [5.41, 5.74) is 1.99. The van der Waals surface area contributed by atoms with Gasteiger partial charge in [0.05, 0.1) is 0 Å². The summed E-state index contributed by atoms with van der Waals surface area (Å²) in [4.78, 5) is 0.780. The Balaban J connectivity index is 0.00000159. The highest BCUT2D eigenvalue weighted by Gasteiger charge is 2.34. The Hall–Kier alpha value is -3.48. The largest absolute Gasteiger partial charge is 0.425 e. The Morgan fingerprint density at radius 2 is 0.660 bits per heavy atom. The van der Waals surface area contributed by atoms with Crippen LogP contribution in [0, 0.1) is 0 Å². The summed E-state index contributed by atoms with van der Waals surface area (Å²) in [5.74, 6) is 0. The van der Waals surface area contributed by atoms with E-state index >= 15 is 0 Å². The van der Waals surface area contributed by atoms with Gasteiger partial charge in [-0.2, -0.15) is 26.3 Å². The van der Waals surface area contributed by atoms with Gasteiger partial charge in [0.15, 0.2) is 0 Å². The molecule has 236 valence electrons. The van der Waals surface area contributed by atoms with E-state index < -0.39 is 22.1 Å². The highest BCUT2D eigenvalue weighted by atomic mass is 32.1. The third kappa shape index (κ3) is 5.14. The first-order valence-electron chi connectivity index (χ1n) is 14.5. The number of hydrogen-bond donors (Lipinski definition) is 0. The maximum Gasteiger partial charge on any atom is 0.425 e. The van der Waals surface area contributed by atoms with Gasteiger partial charge in [0, 0.05) is 70.3 Å². The number of rotatable bonds is 2. The predicted octanol–water partition coefficient (Wildman–Crippen LogP) is 15.3. The van der Waals surface area contributed by atoms with Gasteiger partial charge in [-0.05, 0) is 83.9 Å². The molecule has 0 unspecified atom stereocenters. The summed E-state index contributed by atoms with van der Waals surface area (Å²) in [6.45, 7) is 4.00. The molecule has 9 aromatic rings. The van der Waals surface area contributed by atoms with Crippen LogP contribution in [-0.2, 0) is 12.4 Å². The third-order valence-corrected chi connectivity index (χ3v) is 13.7. The quantitative estimate of drug-likeness (QED) is 0.156. The van der Waals surface area contributed by atoms with Gasteiger partial charge in [-0.15, -0.1) is 56.7 Å². The van der Waals surface area contributed by atoms with Crippen molar-refractivity contribution >= 4 is 117 Å². The molecular formula is C36H20F6S5. The Kier molecular flexibility index (Phi) is 7.23. The van der Waals surface area contributed by atoms with Crippen molar-refractivity contribution in [2.24, 2.45) is 0 Å². The van der Waals surface area contributed by atoms with Gasteiger partial charge >= 0.3 is 12.4 Å². The van der Waals surface area contributed by atoms with Crippen molar-refractivity contribution in [1.82, 2.24) is 0 Å². The molecule has 0 aliphatic heterocycles. The molecule has 0 atom stereocenters. The molecule has 0 saturated carbocycles. The Morgan fingerprint density at radius 3 is 1.04 bits per heavy atom. The zero-order valence-electron chi connectivity index (χ0n) is 24.4. The zero-order valence-corrected chi connectivity index (χ0v) is 28.5. The van der Waals surface area contributed by atoms with E-state index in [1.165, 1.54) is 12.1 Å². The van der Waals surface area contributed by atoms with Crippen molar-refractivity contribution in [2.75, 3.05) is 0 Å². The molecule has 0 N–H and O–H groups in total. The summed E-state index contributed by atoms with van der Waals surface area (Å²) < 4.78 is 85.8. The van der Waals surface area contributed by atoms with Gasteiger partial charge in [-0.25, -0.2) is 0 Å². The van der Waals surface area contributed by atoms with E-state index in [9.17, 15) is 26.3 Å². The molecule has 0 radical (unpaired) electrons. The van der Waals surface area contributed by atoms with Crippen molar-refractivity contribution in [3.8, 4) is 20.9 Å². The van der Waals surface area contributed by atoms with Gasteiger partial charge in [0.2, 0.25) is 0 Å². The van der Waals surface area contributed by atoms with E-state index in [2.05, 4.69) is 36.4 Å². The molecule has 0 aliphatic carbocycles. The molecule has 9 rings (SSSR count). The van der Waals surface area contributed by atoms with Crippen LogP contribution in [0.5, 0.6) is 0 Å². The van der Waals surface area contributed by atoms with E-state index in [1.54, 1.807) is 46.1 Å². The van der Waals surface area contributed by atoms with Crippen LogP contribution >= 0.6 is 56.7 Å². The Bertz CT molecular complexity index is 2460. The molecular weight excluding hydrogens is 707 g/mol. The topological polar surface area (TPSA) is 0 Å². The van der Waals surface area contributed by atoms with Crippen LogP contribution in [0.15, 0.2) is 84.9 Å². The molecule has 0 fully saturated rings. The van der Waals surface area contributed by atoms with Gasteiger partial charge in [-0.1, -0.05) is 26.0 Å². The molecule has 5 heterocycles. The average molecular weight is 727 g/mol. The summed E-state index contributed by atoms with van der Waals surface area (Å²) >= 11 is 6.36. The van der Waals surface area contributed by atoms with Gasteiger partial charge in [0.1, 0.15) is 9.75 Å². The lowest BCUT2D eigenvalue weighted by molar-refractivity contribution is -0.135. The fraction of sp³-hybridized carbons (Fsp3) is 0.111. The van der Waals surface area contributed by atoms with Gasteiger partial charge in [0.25, 0.3) is 0 Å². The second kappa shape index (κ2) is 11.0. The van der Waals surface area contributed by atoms with E-state index in [0.717, 1.165) is 83.9 Å². The van der Waals surface area contributed by atoms with E-state index in [4.69, 9.17) is 0 Å². The van der Waals surface area contributed by atoms with E-state index in [1.807, 2.05) is 38.1 Å². The van der Waals surface area contributed by atoms with E-state index in [-0.39, 0.29) is 0 Å². The monoisotopic (exact) mass is 726 g/mol. The van der Waals surface area contributed by atoms with Crippen molar-refractivity contribution in [3.05, 3.63) is 94.7 Å². The standard InChI is InChI=1S/C34H14F6S5.C2H6/c35-33(36,37)31-13-21-19-11-29(42-25(19)5-7-27(21)44-31)15-1-3-23-17(9-15)18-10-16(2-4-24(18)41-23)30-12-20-22-14-32(34(38,39)40)45-28(22)8-6-26(20)43-30;1-2/h1-14H;1-2H3. The summed E-state index contributed by atoms with van der Waals surface area (Å²) in [6.07, 6.45) is -8.75. The minimum Gasteiger partial charge on any atom is -0.165 e. The molecule has 0 aliphatic rings. The average Bonchev–Trinajstić information content (AvgIpc) is 3.86. The molecule has 5 aromatic heterocycles. The number of alkyl halides is 6. The number of thiophene rings is 5. The summed E-state index contributed by atoms with van der Waals surface area (Å²) in [6, 6.07) is 26.4. The number of hydrogen-bond acceptors (Lipinski definition) is 5. The van der Waals surface area contributed by atoms with Crippen LogP contribution in [-0.4, -0.2) is 0 Å². The smallest absolute Gasteiger partial charge is 0.165 e. The Morgan fingerprint density at radius 1 is 0.362 bits per heavy atom. The van der Waals surface area contributed by atoms with Gasteiger partial charge in [-0.3, -0.25) is 0 Å². The molecule has 0 saturated heterocycles. The second-order valence-corrected chi connectivity index (χ2v) is 16.2. The summed E-state index contributed by atoms with van der Waals surface area (Å²) in [5, 5.41) is 5.06. The molecule has 0 spiro atoms. The lowest BCUT2D eigenvalue weighted by Gasteiger charge is -2.00. The highest BCUT2D eigenvalue weighted by Crippen LogP contribution is 2.47. The first kappa shape index (κ1) is 30.8. The SMILES string of the molecule is CC.FC(F)(F)c1cc2c(ccc3sc(-c4ccc5sc6ccc(-c7cc8c(ccc9sc(C(F)(F)F)cc98)s7)cc6c5c4)cc32)s1. The van der Waals surface area contributed by atoms with Crippen LogP contribution in [0.1, 0.15) is 23.6 Å². The van der Waals surface area contributed by atoms with Crippen LogP contribution < -0.4 is 0 Å². The molecule has 47 heavy (non-hydrogen) atoms. The third-order valence-electron chi connectivity index (χ3n) is 7.99. The van der Waals surface area contributed by atoms with Crippen molar-refractivity contribution in [2.45, 2.75) is 26.2 Å². The molecule has 11 heteroatoms. The van der Waals surface area contributed by atoms with Crippen molar-refractivity contribution in [1.29, 1.82) is 0 Å². The number of halogens is 6. The second-order valence-electron chi connectivity index (χ2n) is 10.7. The van der Waals surface area contributed by atoms with Gasteiger partial charge < -0.3 is 0 Å². The van der Waals surface area contributed by atoms with Crippen molar-refractivity contribution in [3.63, 3.8) is 0 Å². The molecule has 4 aromatic carbocycles. The van der Waals surface area contributed by atoms with Crippen LogP contribution in [0.2, 0.25) is 0 Å². The van der Waals surface area contributed by atoms with E-state index in [0.29, 0.717) is 20.2 Å². The normalized spacial score (nSPS) is 12.7. The van der Waals surface area contributed by atoms with Crippen molar-refractivity contribution < 1.29 is 26.3 Å². The summed E-state index contributed by atoms with van der Waals surface area (Å²) in [7, 11) is 0. The minimum absolute atomic E-state index is 0.593. The minimum atomic E-state index is -4.37. The highest BCUT2D eigenvalue weighted by molar-refractivity contribution is 7.26. The molecule has 0 amide bonds. The predicted molar refractivity (Wildman–Crippen MR) is 193 cm³/mol. The van der Waals surface area contributed by atoms with Crippen LogP contribution in [0.4, 0.5) is 26.3 Å². The molecule has 0 nitrogen and oxygen atoms in total. The lowest BCUT2D eigenvalue weighted by Crippen LogP contribution is -2.00. The van der Waals surface area contributed by atoms with Crippen LogP contribution in [0.3, 0.4) is 0 Å². The maximum absolute atomic E-state index is 13.4. The number of fused-ring (bicyclic) bond motifs is 9. The Labute approximate surface area is 283 Å². The van der Waals surface area contributed by atoms with Crippen LogP contribution in [0.25, 0.3) is 81.4 Å². The number of benzene rings is 4.